The molecule has 4 nitrogen and oxygen atoms in total. The predicted octanol–water partition coefficient (Wildman–Crippen LogP) is 3.22. The molecule has 1 aliphatic rings. The maximum Gasteiger partial charge on any atom is 0.191 e. The highest BCUT2D eigenvalue weighted by molar-refractivity contribution is 7.15. The van der Waals surface area contributed by atoms with Crippen LogP contribution >= 0.6 is 11.3 Å². The quantitative estimate of drug-likeness (QED) is 0.936. The molecule has 0 bridgehead atoms. The average molecular weight is 276 g/mol. The van der Waals surface area contributed by atoms with Crippen molar-refractivity contribution in [2.24, 2.45) is 0 Å². The molecule has 102 valence electrons. The smallest absolute Gasteiger partial charge is 0.191 e. The van der Waals surface area contributed by atoms with Crippen molar-refractivity contribution in [3.63, 3.8) is 0 Å². The molecule has 1 aliphatic heterocycles. The number of H-pyrrole nitrogens is 1. The summed E-state index contributed by atoms with van der Waals surface area (Å²) in [6.45, 7) is 5.50. The van der Waals surface area contributed by atoms with E-state index in [0.717, 1.165) is 23.1 Å². The standard InChI is InChI=1S/C14H20N4S/c1-11-15-14(17-16-11)13-7-6-12(19-13)10-18-8-4-2-3-5-9-18/h6-7H,2-5,8-10H2,1H3,(H,15,16,17). The van der Waals surface area contributed by atoms with E-state index in [1.165, 1.54) is 43.6 Å². The van der Waals surface area contributed by atoms with Crippen LogP contribution in [-0.2, 0) is 6.54 Å². The Kier molecular flexibility index (Phi) is 3.94. The average Bonchev–Trinajstić information content (AvgIpc) is 2.94. The summed E-state index contributed by atoms with van der Waals surface area (Å²) in [6.07, 6.45) is 5.47. The van der Waals surface area contributed by atoms with Gasteiger partial charge in [-0.2, -0.15) is 5.10 Å². The van der Waals surface area contributed by atoms with Gasteiger partial charge in [-0.1, -0.05) is 12.8 Å². The summed E-state index contributed by atoms with van der Waals surface area (Å²) in [7, 11) is 0. The molecule has 0 aromatic carbocycles. The van der Waals surface area contributed by atoms with Crippen LogP contribution in [0.3, 0.4) is 0 Å². The summed E-state index contributed by atoms with van der Waals surface area (Å²) in [5.74, 6) is 1.70. The van der Waals surface area contributed by atoms with Gasteiger partial charge in [-0.15, -0.1) is 11.3 Å². The van der Waals surface area contributed by atoms with E-state index in [4.69, 9.17) is 0 Å². The Balaban J connectivity index is 1.67. The third-order valence-corrected chi connectivity index (χ3v) is 4.62. The van der Waals surface area contributed by atoms with Crippen molar-refractivity contribution in [2.75, 3.05) is 13.1 Å². The van der Waals surface area contributed by atoms with E-state index in [9.17, 15) is 0 Å². The Labute approximate surface area is 117 Å². The number of aromatic nitrogens is 3. The van der Waals surface area contributed by atoms with Crippen LogP contribution < -0.4 is 0 Å². The first-order valence-electron chi connectivity index (χ1n) is 7.02. The second kappa shape index (κ2) is 5.84. The lowest BCUT2D eigenvalue weighted by atomic mass is 10.2. The number of hydrogen-bond acceptors (Lipinski definition) is 4. The Morgan fingerprint density at radius 3 is 2.68 bits per heavy atom. The van der Waals surface area contributed by atoms with Crippen molar-refractivity contribution in [1.29, 1.82) is 0 Å². The number of hydrogen-bond donors (Lipinski definition) is 1. The van der Waals surface area contributed by atoms with Crippen LogP contribution in [0.1, 0.15) is 36.4 Å². The largest absolute Gasteiger partial charge is 0.298 e. The molecule has 0 atom stereocenters. The first-order valence-corrected chi connectivity index (χ1v) is 7.83. The molecule has 0 radical (unpaired) electrons. The second-order valence-electron chi connectivity index (χ2n) is 5.20. The van der Waals surface area contributed by atoms with Crippen molar-refractivity contribution in [3.8, 4) is 10.7 Å². The number of rotatable bonds is 3. The fourth-order valence-electron chi connectivity index (χ4n) is 2.55. The van der Waals surface area contributed by atoms with Crippen LogP contribution in [-0.4, -0.2) is 33.2 Å². The number of thiophene rings is 1. The molecule has 19 heavy (non-hydrogen) atoms. The van der Waals surface area contributed by atoms with Crippen LogP contribution in [0, 0.1) is 6.92 Å². The van der Waals surface area contributed by atoms with Crippen molar-refractivity contribution in [2.45, 2.75) is 39.2 Å². The molecular weight excluding hydrogens is 256 g/mol. The topological polar surface area (TPSA) is 44.8 Å². The SMILES string of the molecule is Cc1nc(-c2ccc(CN3CCCCCC3)s2)n[nH]1. The zero-order valence-electron chi connectivity index (χ0n) is 11.4. The van der Waals surface area contributed by atoms with Gasteiger partial charge >= 0.3 is 0 Å². The minimum atomic E-state index is 0.824. The van der Waals surface area contributed by atoms with Gasteiger partial charge in [0.05, 0.1) is 4.88 Å². The zero-order chi connectivity index (χ0) is 13.1. The number of aromatic amines is 1. The zero-order valence-corrected chi connectivity index (χ0v) is 12.2. The van der Waals surface area contributed by atoms with Crippen molar-refractivity contribution in [1.82, 2.24) is 20.1 Å². The van der Waals surface area contributed by atoms with Crippen LogP contribution in [0.5, 0.6) is 0 Å². The number of nitrogens with zero attached hydrogens (tertiary/aromatic N) is 3. The summed E-state index contributed by atoms with van der Waals surface area (Å²) in [4.78, 5) is 9.54. The molecule has 0 unspecified atom stereocenters. The third-order valence-electron chi connectivity index (χ3n) is 3.56. The Morgan fingerprint density at radius 2 is 2.00 bits per heavy atom. The molecule has 0 spiro atoms. The lowest BCUT2D eigenvalue weighted by Gasteiger charge is -2.18. The molecule has 1 saturated heterocycles. The molecule has 0 amide bonds. The summed E-state index contributed by atoms with van der Waals surface area (Å²) < 4.78 is 0. The molecule has 5 heteroatoms. The van der Waals surface area contributed by atoms with Gasteiger partial charge in [0.15, 0.2) is 5.82 Å². The van der Waals surface area contributed by atoms with E-state index >= 15 is 0 Å². The first kappa shape index (κ1) is 12.8. The maximum absolute atomic E-state index is 4.39. The van der Waals surface area contributed by atoms with Gasteiger partial charge in [0.25, 0.3) is 0 Å². The van der Waals surface area contributed by atoms with E-state index in [0.29, 0.717) is 0 Å². The summed E-state index contributed by atoms with van der Waals surface area (Å²) in [5, 5.41) is 7.12. The molecule has 1 N–H and O–H groups in total. The van der Waals surface area contributed by atoms with Crippen molar-refractivity contribution < 1.29 is 0 Å². The van der Waals surface area contributed by atoms with Gasteiger partial charge in [-0.25, -0.2) is 4.98 Å². The lowest BCUT2D eigenvalue weighted by molar-refractivity contribution is 0.279. The monoisotopic (exact) mass is 276 g/mol. The van der Waals surface area contributed by atoms with E-state index in [1.54, 1.807) is 0 Å². The van der Waals surface area contributed by atoms with Gasteiger partial charge in [-0.3, -0.25) is 10.00 Å². The highest BCUT2D eigenvalue weighted by atomic mass is 32.1. The minimum absolute atomic E-state index is 0.824. The van der Waals surface area contributed by atoms with E-state index in [-0.39, 0.29) is 0 Å². The van der Waals surface area contributed by atoms with Gasteiger partial charge in [0, 0.05) is 11.4 Å². The molecule has 3 rings (SSSR count). The fourth-order valence-corrected chi connectivity index (χ4v) is 3.53. The predicted molar refractivity (Wildman–Crippen MR) is 78.2 cm³/mol. The molecule has 2 aromatic heterocycles. The van der Waals surface area contributed by atoms with Crippen LogP contribution in [0.15, 0.2) is 12.1 Å². The summed E-state index contributed by atoms with van der Waals surface area (Å²) >= 11 is 1.81. The van der Waals surface area contributed by atoms with Gasteiger partial charge in [-0.05, 0) is 45.0 Å². The highest BCUT2D eigenvalue weighted by Crippen LogP contribution is 2.26. The lowest BCUT2D eigenvalue weighted by Crippen LogP contribution is -2.23. The van der Waals surface area contributed by atoms with Crippen LogP contribution in [0.2, 0.25) is 0 Å². The molecule has 2 aromatic rings. The summed E-state index contributed by atoms with van der Waals surface area (Å²) in [5.41, 5.74) is 0. The molecule has 1 fully saturated rings. The van der Waals surface area contributed by atoms with Crippen molar-refractivity contribution in [3.05, 3.63) is 22.8 Å². The normalized spacial score (nSPS) is 17.5. The number of likely N-dealkylation sites (tertiary alicyclic amines) is 1. The number of nitrogens with one attached hydrogen (secondary N) is 1. The van der Waals surface area contributed by atoms with E-state index in [1.807, 2.05) is 18.3 Å². The van der Waals surface area contributed by atoms with Gasteiger partial charge in [0.1, 0.15) is 5.82 Å². The van der Waals surface area contributed by atoms with Gasteiger partial charge in [0.2, 0.25) is 0 Å². The van der Waals surface area contributed by atoms with E-state index < -0.39 is 0 Å². The highest BCUT2D eigenvalue weighted by Gasteiger charge is 2.12. The molecule has 0 aliphatic carbocycles. The molecule has 0 saturated carbocycles. The van der Waals surface area contributed by atoms with Crippen LogP contribution in [0.4, 0.5) is 0 Å². The second-order valence-corrected chi connectivity index (χ2v) is 6.37. The Hall–Kier alpha value is -1.20. The minimum Gasteiger partial charge on any atom is -0.298 e. The van der Waals surface area contributed by atoms with Crippen molar-refractivity contribution >= 4 is 11.3 Å². The Morgan fingerprint density at radius 1 is 1.21 bits per heavy atom. The van der Waals surface area contributed by atoms with Crippen LogP contribution in [0.25, 0.3) is 10.7 Å². The first-order chi connectivity index (χ1) is 9.31. The third kappa shape index (κ3) is 3.22. The molecular formula is C14H20N4S. The Bertz CT molecular complexity index is 523. The summed E-state index contributed by atoms with van der Waals surface area (Å²) in [6, 6.07) is 4.36. The van der Waals surface area contributed by atoms with E-state index in [2.05, 4.69) is 32.2 Å². The maximum atomic E-state index is 4.39. The fraction of sp³-hybridized carbons (Fsp3) is 0.571. The molecule has 3 heterocycles. The number of aryl methyl sites for hydroxylation is 1. The van der Waals surface area contributed by atoms with Gasteiger partial charge < -0.3 is 0 Å².